The third kappa shape index (κ3) is 4.86. The number of piperidine rings is 1. The fraction of sp³-hybridized carbons (Fsp3) is 0.444. The van der Waals surface area contributed by atoms with Crippen LogP contribution in [0.15, 0.2) is 24.3 Å². The molecular formula is C18H22Cl2N4O3S. The standard InChI is InChI=1S/C18H22Cl2N4O3S/c1-12-10-17(22-24(12)11-14-15(19)4-3-5-16(14)20)21-18(25)13-6-8-23(9-7-13)28(2,26)27/h3-5,10,13H,6-9,11H2,1-2H3,(H,21,22,25). The Kier molecular flexibility index (Phi) is 6.34. The quantitative estimate of drug-likeness (QED) is 0.767. The summed E-state index contributed by atoms with van der Waals surface area (Å²) in [7, 11) is -3.21. The van der Waals surface area contributed by atoms with E-state index < -0.39 is 10.0 Å². The molecule has 1 saturated heterocycles. The highest BCUT2D eigenvalue weighted by Crippen LogP contribution is 2.26. The van der Waals surface area contributed by atoms with Gasteiger partial charge < -0.3 is 5.32 Å². The number of carbonyl (C=O) groups excluding carboxylic acids is 1. The number of hydrogen-bond acceptors (Lipinski definition) is 4. The summed E-state index contributed by atoms with van der Waals surface area (Å²) in [5, 5.41) is 8.40. The lowest BCUT2D eigenvalue weighted by Gasteiger charge is -2.29. The van der Waals surface area contributed by atoms with E-state index in [0.29, 0.717) is 48.3 Å². The first-order chi connectivity index (χ1) is 13.1. The van der Waals surface area contributed by atoms with E-state index in [2.05, 4.69) is 10.4 Å². The van der Waals surface area contributed by atoms with Crippen molar-refractivity contribution >= 4 is 45.0 Å². The molecule has 1 fully saturated rings. The van der Waals surface area contributed by atoms with Gasteiger partial charge in [0, 0.05) is 46.4 Å². The number of benzene rings is 1. The lowest BCUT2D eigenvalue weighted by atomic mass is 9.97. The molecule has 28 heavy (non-hydrogen) atoms. The molecular weight excluding hydrogens is 423 g/mol. The van der Waals surface area contributed by atoms with Gasteiger partial charge in [-0.05, 0) is 31.9 Å². The maximum Gasteiger partial charge on any atom is 0.228 e. The van der Waals surface area contributed by atoms with Gasteiger partial charge in [0.2, 0.25) is 15.9 Å². The average molecular weight is 445 g/mol. The molecule has 1 aliphatic rings. The van der Waals surface area contributed by atoms with Gasteiger partial charge in [-0.3, -0.25) is 9.48 Å². The van der Waals surface area contributed by atoms with Gasteiger partial charge >= 0.3 is 0 Å². The lowest BCUT2D eigenvalue weighted by molar-refractivity contribution is -0.120. The summed E-state index contributed by atoms with van der Waals surface area (Å²) in [5.74, 6) is 0.0752. The summed E-state index contributed by atoms with van der Waals surface area (Å²) in [6.45, 7) is 3.00. The molecule has 10 heteroatoms. The van der Waals surface area contributed by atoms with Crippen LogP contribution >= 0.6 is 23.2 Å². The van der Waals surface area contributed by atoms with E-state index in [1.54, 1.807) is 28.9 Å². The van der Waals surface area contributed by atoms with E-state index in [4.69, 9.17) is 23.2 Å². The van der Waals surface area contributed by atoms with Crippen LogP contribution in [0.2, 0.25) is 10.0 Å². The van der Waals surface area contributed by atoms with Crippen molar-refractivity contribution in [2.24, 2.45) is 5.92 Å². The van der Waals surface area contributed by atoms with Crippen molar-refractivity contribution in [2.45, 2.75) is 26.3 Å². The summed E-state index contributed by atoms with van der Waals surface area (Å²) < 4.78 is 26.3. The number of halogens is 2. The monoisotopic (exact) mass is 444 g/mol. The molecule has 0 atom stereocenters. The summed E-state index contributed by atoms with van der Waals surface area (Å²) in [6, 6.07) is 7.11. The van der Waals surface area contributed by atoms with Crippen LogP contribution in [0.4, 0.5) is 5.82 Å². The van der Waals surface area contributed by atoms with Gasteiger partial charge in [0.25, 0.3) is 0 Å². The minimum atomic E-state index is -3.21. The Hall–Kier alpha value is -1.61. The zero-order valence-electron chi connectivity index (χ0n) is 15.7. The van der Waals surface area contributed by atoms with Crippen LogP contribution in [0.25, 0.3) is 0 Å². The SMILES string of the molecule is Cc1cc(NC(=O)C2CCN(S(C)(=O)=O)CC2)nn1Cc1c(Cl)cccc1Cl. The molecule has 7 nitrogen and oxygen atoms in total. The molecule has 2 heterocycles. The lowest BCUT2D eigenvalue weighted by Crippen LogP contribution is -2.40. The highest BCUT2D eigenvalue weighted by molar-refractivity contribution is 7.88. The summed E-state index contributed by atoms with van der Waals surface area (Å²) >= 11 is 12.5. The van der Waals surface area contributed by atoms with E-state index in [1.165, 1.54) is 10.6 Å². The van der Waals surface area contributed by atoms with Crippen molar-refractivity contribution < 1.29 is 13.2 Å². The molecule has 0 spiro atoms. The first-order valence-corrected chi connectivity index (χ1v) is 11.5. The Bertz CT molecular complexity index is 962. The molecule has 3 rings (SSSR count). The molecule has 0 bridgehead atoms. The third-order valence-corrected chi connectivity index (χ3v) is 6.91. The second-order valence-electron chi connectivity index (χ2n) is 6.95. The largest absolute Gasteiger partial charge is 0.309 e. The van der Waals surface area contributed by atoms with E-state index >= 15 is 0 Å². The number of sulfonamides is 1. The summed E-state index contributed by atoms with van der Waals surface area (Å²) in [6.07, 6.45) is 2.18. The van der Waals surface area contributed by atoms with Gasteiger partial charge in [0.15, 0.2) is 5.82 Å². The summed E-state index contributed by atoms with van der Waals surface area (Å²) in [4.78, 5) is 12.5. The van der Waals surface area contributed by atoms with Crippen molar-refractivity contribution in [2.75, 3.05) is 24.7 Å². The molecule has 1 aliphatic heterocycles. The summed E-state index contributed by atoms with van der Waals surface area (Å²) in [5.41, 5.74) is 1.63. The van der Waals surface area contributed by atoms with Crippen molar-refractivity contribution in [3.05, 3.63) is 45.6 Å². The Balaban J connectivity index is 1.65. The number of anilines is 1. The van der Waals surface area contributed by atoms with Gasteiger partial charge in [-0.15, -0.1) is 0 Å². The Morgan fingerprint density at radius 3 is 2.43 bits per heavy atom. The molecule has 1 aromatic carbocycles. The van der Waals surface area contributed by atoms with Crippen LogP contribution in [0.3, 0.4) is 0 Å². The smallest absolute Gasteiger partial charge is 0.228 e. The van der Waals surface area contributed by atoms with E-state index in [-0.39, 0.29) is 11.8 Å². The van der Waals surface area contributed by atoms with Crippen molar-refractivity contribution in [3.8, 4) is 0 Å². The van der Waals surface area contributed by atoms with Crippen LogP contribution in [0.5, 0.6) is 0 Å². The number of carbonyl (C=O) groups is 1. The van der Waals surface area contributed by atoms with Gasteiger partial charge in [-0.2, -0.15) is 5.10 Å². The Morgan fingerprint density at radius 1 is 1.25 bits per heavy atom. The number of nitrogens with one attached hydrogen (secondary N) is 1. The molecule has 2 aromatic rings. The van der Waals surface area contributed by atoms with E-state index in [9.17, 15) is 13.2 Å². The van der Waals surface area contributed by atoms with Gasteiger partial charge in [-0.25, -0.2) is 12.7 Å². The Labute approximate surface area is 174 Å². The third-order valence-electron chi connectivity index (χ3n) is 4.90. The van der Waals surface area contributed by atoms with Crippen LogP contribution in [0, 0.1) is 12.8 Å². The fourth-order valence-electron chi connectivity index (χ4n) is 3.24. The zero-order chi connectivity index (χ0) is 20.5. The molecule has 1 amide bonds. The van der Waals surface area contributed by atoms with E-state index in [0.717, 1.165) is 11.3 Å². The number of aromatic nitrogens is 2. The molecule has 1 aromatic heterocycles. The molecule has 0 saturated carbocycles. The highest BCUT2D eigenvalue weighted by Gasteiger charge is 2.29. The van der Waals surface area contributed by atoms with Gasteiger partial charge in [0.05, 0.1) is 12.8 Å². The molecule has 0 unspecified atom stereocenters. The Morgan fingerprint density at radius 2 is 1.86 bits per heavy atom. The van der Waals surface area contributed by atoms with Gasteiger partial charge in [-0.1, -0.05) is 29.3 Å². The van der Waals surface area contributed by atoms with Crippen LogP contribution < -0.4 is 5.32 Å². The number of amides is 1. The molecule has 0 aliphatic carbocycles. The maximum atomic E-state index is 12.5. The predicted octanol–water partition coefficient (Wildman–Crippen LogP) is 3.16. The normalized spacial score (nSPS) is 16.3. The second-order valence-corrected chi connectivity index (χ2v) is 9.75. The predicted molar refractivity (Wildman–Crippen MR) is 110 cm³/mol. The van der Waals surface area contributed by atoms with Crippen LogP contribution in [-0.4, -0.2) is 47.8 Å². The maximum absolute atomic E-state index is 12.5. The van der Waals surface area contributed by atoms with Gasteiger partial charge in [0.1, 0.15) is 0 Å². The number of aryl methyl sites for hydroxylation is 1. The zero-order valence-corrected chi connectivity index (χ0v) is 18.0. The van der Waals surface area contributed by atoms with Crippen LogP contribution in [0.1, 0.15) is 24.1 Å². The van der Waals surface area contributed by atoms with Crippen molar-refractivity contribution in [1.82, 2.24) is 14.1 Å². The van der Waals surface area contributed by atoms with E-state index in [1.807, 2.05) is 6.92 Å². The topological polar surface area (TPSA) is 84.3 Å². The molecule has 152 valence electrons. The van der Waals surface area contributed by atoms with Crippen molar-refractivity contribution in [3.63, 3.8) is 0 Å². The minimum Gasteiger partial charge on any atom is -0.309 e. The van der Waals surface area contributed by atoms with Crippen LogP contribution in [-0.2, 0) is 21.4 Å². The number of nitrogens with zero attached hydrogens (tertiary/aromatic N) is 3. The fourth-order valence-corrected chi connectivity index (χ4v) is 4.63. The minimum absolute atomic E-state index is 0.145. The second kappa shape index (κ2) is 8.41. The number of rotatable bonds is 5. The first-order valence-electron chi connectivity index (χ1n) is 8.88. The molecule has 1 N–H and O–H groups in total. The average Bonchev–Trinajstić information content (AvgIpc) is 2.96. The molecule has 0 radical (unpaired) electrons. The first kappa shape index (κ1) is 21.1. The number of hydrogen-bond donors (Lipinski definition) is 1. The highest BCUT2D eigenvalue weighted by atomic mass is 35.5. The van der Waals surface area contributed by atoms with Crippen molar-refractivity contribution in [1.29, 1.82) is 0 Å².